The molecule has 0 aromatic carbocycles. The number of halogens is 1. The molecule has 8 heteroatoms. The summed E-state index contributed by atoms with van der Waals surface area (Å²) in [5.41, 5.74) is 0.260. The molecule has 0 fully saturated rings. The summed E-state index contributed by atoms with van der Waals surface area (Å²) in [6.45, 7) is -0.0344. The summed E-state index contributed by atoms with van der Waals surface area (Å²) in [4.78, 5) is 15.3. The van der Waals surface area contributed by atoms with Crippen LogP contribution in [0.2, 0.25) is 0 Å². The minimum atomic E-state index is -3.60. The molecule has 0 unspecified atom stereocenters. The number of nitrogens with zero attached hydrogens (tertiary/aromatic N) is 1. The van der Waals surface area contributed by atoms with Gasteiger partial charge in [-0.05, 0) is 32.0 Å². The number of rotatable bonds is 7. The van der Waals surface area contributed by atoms with Crippen LogP contribution in [-0.2, 0) is 10.0 Å². The Balaban J connectivity index is 2.64. The van der Waals surface area contributed by atoms with Crippen molar-refractivity contribution in [1.29, 1.82) is 0 Å². The molecule has 1 heterocycles. The summed E-state index contributed by atoms with van der Waals surface area (Å²) < 4.78 is 36.8. The van der Waals surface area contributed by atoms with Crippen LogP contribution in [0.25, 0.3) is 0 Å². The SMILES string of the molecule is CNS(=O)(=O)c1ccc(C(=O)NCCCCF)cn1. The fraction of sp³-hybridized carbons (Fsp3) is 0.455. The van der Waals surface area contributed by atoms with Gasteiger partial charge >= 0.3 is 0 Å². The van der Waals surface area contributed by atoms with Crippen LogP contribution in [0.1, 0.15) is 23.2 Å². The Kier molecular flexibility index (Phi) is 5.84. The maximum Gasteiger partial charge on any atom is 0.257 e. The van der Waals surface area contributed by atoms with Gasteiger partial charge in [-0.2, -0.15) is 0 Å². The lowest BCUT2D eigenvalue weighted by Crippen LogP contribution is -2.25. The molecule has 0 bridgehead atoms. The molecular formula is C11H16FN3O3S. The van der Waals surface area contributed by atoms with E-state index >= 15 is 0 Å². The Morgan fingerprint density at radius 3 is 2.63 bits per heavy atom. The van der Waals surface area contributed by atoms with Gasteiger partial charge in [0.15, 0.2) is 5.03 Å². The van der Waals surface area contributed by atoms with Gasteiger partial charge in [0.05, 0.1) is 12.2 Å². The Morgan fingerprint density at radius 2 is 2.11 bits per heavy atom. The molecule has 19 heavy (non-hydrogen) atoms. The van der Waals surface area contributed by atoms with Crippen LogP contribution < -0.4 is 10.0 Å². The number of sulfonamides is 1. The third-order valence-electron chi connectivity index (χ3n) is 2.39. The van der Waals surface area contributed by atoms with Crippen molar-refractivity contribution < 1.29 is 17.6 Å². The first-order valence-corrected chi connectivity index (χ1v) is 7.23. The summed E-state index contributed by atoms with van der Waals surface area (Å²) >= 11 is 0. The zero-order valence-corrected chi connectivity index (χ0v) is 11.3. The van der Waals surface area contributed by atoms with Gasteiger partial charge in [-0.1, -0.05) is 0 Å². The lowest BCUT2D eigenvalue weighted by Gasteiger charge is -2.05. The first-order valence-electron chi connectivity index (χ1n) is 5.75. The van der Waals surface area contributed by atoms with Crippen LogP contribution in [0.5, 0.6) is 0 Å². The lowest BCUT2D eigenvalue weighted by atomic mass is 10.2. The molecule has 2 N–H and O–H groups in total. The van der Waals surface area contributed by atoms with Crippen molar-refractivity contribution >= 4 is 15.9 Å². The van der Waals surface area contributed by atoms with Gasteiger partial charge in [-0.25, -0.2) is 18.1 Å². The van der Waals surface area contributed by atoms with E-state index in [-0.39, 0.29) is 16.5 Å². The molecule has 0 atom stereocenters. The standard InChI is InChI=1S/C11H16FN3O3S/c1-13-19(17,18)10-5-4-9(8-15-10)11(16)14-7-3-2-6-12/h4-5,8,13H,2-3,6-7H2,1H3,(H,14,16). The van der Waals surface area contributed by atoms with Crippen LogP contribution in [0.4, 0.5) is 4.39 Å². The average Bonchev–Trinajstić information content (AvgIpc) is 2.43. The molecule has 0 aliphatic carbocycles. The molecule has 0 aliphatic heterocycles. The van der Waals surface area contributed by atoms with Gasteiger partial charge in [-0.15, -0.1) is 0 Å². The van der Waals surface area contributed by atoms with Crippen molar-refractivity contribution in [2.45, 2.75) is 17.9 Å². The van der Waals surface area contributed by atoms with Crippen LogP contribution in [0.3, 0.4) is 0 Å². The summed E-state index contributed by atoms with van der Waals surface area (Å²) in [6, 6.07) is 2.63. The highest BCUT2D eigenvalue weighted by atomic mass is 32.2. The molecule has 1 aromatic heterocycles. The number of nitrogens with one attached hydrogen (secondary N) is 2. The summed E-state index contributed by atoms with van der Waals surface area (Å²) in [6.07, 6.45) is 2.15. The molecule has 106 valence electrons. The molecule has 1 aromatic rings. The van der Waals surface area contributed by atoms with E-state index in [9.17, 15) is 17.6 Å². The Hall–Kier alpha value is -1.54. The molecular weight excluding hydrogens is 273 g/mol. The molecule has 1 rings (SSSR count). The second-order valence-corrected chi connectivity index (χ2v) is 5.58. The fourth-order valence-electron chi connectivity index (χ4n) is 1.30. The van der Waals surface area contributed by atoms with Crippen molar-refractivity contribution in [3.63, 3.8) is 0 Å². The zero-order valence-electron chi connectivity index (χ0n) is 10.5. The normalized spacial score (nSPS) is 11.3. The minimum absolute atomic E-state index is 0.149. The number of pyridine rings is 1. The van der Waals surface area contributed by atoms with E-state index in [0.717, 1.165) is 0 Å². The summed E-state index contributed by atoms with van der Waals surface area (Å²) in [5, 5.41) is 2.45. The van der Waals surface area contributed by atoms with E-state index in [1.54, 1.807) is 0 Å². The quantitative estimate of drug-likeness (QED) is 0.714. The number of hydrogen-bond donors (Lipinski definition) is 2. The van der Waals surface area contributed by atoms with Crippen LogP contribution >= 0.6 is 0 Å². The van der Waals surface area contributed by atoms with Gasteiger partial charge < -0.3 is 5.32 Å². The number of carbonyl (C=O) groups excluding carboxylic acids is 1. The minimum Gasteiger partial charge on any atom is -0.352 e. The number of carbonyl (C=O) groups is 1. The topological polar surface area (TPSA) is 88.2 Å². The molecule has 0 radical (unpaired) electrons. The second-order valence-electron chi connectivity index (χ2n) is 3.74. The predicted molar refractivity (Wildman–Crippen MR) is 68.0 cm³/mol. The monoisotopic (exact) mass is 289 g/mol. The van der Waals surface area contributed by atoms with Crippen LogP contribution in [0, 0.1) is 0 Å². The van der Waals surface area contributed by atoms with Gasteiger partial charge in [0.2, 0.25) is 0 Å². The number of amides is 1. The van der Waals surface area contributed by atoms with Gasteiger partial charge in [0.25, 0.3) is 15.9 Å². The van der Waals surface area contributed by atoms with Crippen molar-refractivity contribution in [2.75, 3.05) is 20.3 Å². The van der Waals surface area contributed by atoms with Crippen LogP contribution in [-0.4, -0.2) is 39.6 Å². The van der Waals surface area contributed by atoms with Crippen molar-refractivity contribution in [3.05, 3.63) is 23.9 Å². The lowest BCUT2D eigenvalue weighted by molar-refractivity contribution is 0.0952. The van der Waals surface area contributed by atoms with Gasteiger partial charge in [0, 0.05) is 12.7 Å². The molecule has 0 aliphatic rings. The van der Waals surface area contributed by atoms with E-state index in [4.69, 9.17) is 0 Å². The summed E-state index contributed by atoms with van der Waals surface area (Å²) in [7, 11) is -2.32. The van der Waals surface area contributed by atoms with E-state index in [2.05, 4.69) is 15.0 Å². The van der Waals surface area contributed by atoms with Crippen molar-refractivity contribution in [1.82, 2.24) is 15.0 Å². The van der Waals surface area contributed by atoms with Crippen molar-refractivity contribution in [2.24, 2.45) is 0 Å². The maximum atomic E-state index is 11.8. The Labute approximate surface area is 111 Å². The van der Waals surface area contributed by atoms with Crippen molar-refractivity contribution in [3.8, 4) is 0 Å². The third-order valence-corrected chi connectivity index (χ3v) is 3.72. The smallest absolute Gasteiger partial charge is 0.257 e. The van der Waals surface area contributed by atoms with Gasteiger partial charge in [0.1, 0.15) is 0 Å². The first-order chi connectivity index (χ1) is 9.01. The van der Waals surface area contributed by atoms with E-state index in [0.29, 0.717) is 19.4 Å². The first kappa shape index (κ1) is 15.5. The highest BCUT2D eigenvalue weighted by Gasteiger charge is 2.13. The predicted octanol–water partition coefficient (Wildman–Crippen LogP) is 0.469. The van der Waals surface area contributed by atoms with E-state index in [1.165, 1.54) is 25.4 Å². The fourth-order valence-corrected chi connectivity index (χ4v) is 1.95. The highest BCUT2D eigenvalue weighted by Crippen LogP contribution is 2.06. The van der Waals surface area contributed by atoms with E-state index < -0.39 is 16.7 Å². The second kappa shape index (κ2) is 7.15. The van der Waals surface area contributed by atoms with Gasteiger partial charge in [-0.3, -0.25) is 9.18 Å². The largest absolute Gasteiger partial charge is 0.352 e. The summed E-state index contributed by atoms with van der Waals surface area (Å²) in [5.74, 6) is -0.361. The number of unbranched alkanes of at least 4 members (excludes halogenated alkanes) is 1. The van der Waals surface area contributed by atoms with Crippen LogP contribution in [0.15, 0.2) is 23.4 Å². The van der Waals surface area contributed by atoms with E-state index in [1.807, 2.05) is 0 Å². The number of alkyl halides is 1. The molecule has 0 spiro atoms. The Morgan fingerprint density at radius 1 is 1.37 bits per heavy atom. The zero-order chi connectivity index (χ0) is 14.3. The highest BCUT2D eigenvalue weighted by molar-refractivity contribution is 7.89. The third kappa shape index (κ3) is 4.56. The molecule has 0 saturated carbocycles. The Bertz CT molecular complexity index is 516. The number of hydrogen-bond acceptors (Lipinski definition) is 4. The maximum absolute atomic E-state index is 11.8. The average molecular weight is 289 g/mol. The molecule has 6 nitrogen and oxygen atoms in total. The number of aromatic nitrogens is 1. The molecule has 1 amide bonds. The molecule has 0 saturated heterocycles.